The molecule has 8 aromatic carbocycles. The smallest absolute Gasteiger partial charge is 0.0547 e. The second kappa shape index (κ2) is 9.19. The Hall–Kier alpha value is -5.66. The topological polar surface area (TPSA) is 4.93 Å². The number of aromatic nitrogens is 1. The third-order valence-corrected chi connectivity index (χ3v) is 10.5. The molecule has 1 heteroatoms. The lowest BCUT2D eigenvalue weighted by Crippen LogP contribution is -2.15. The first kappa shape index (κ1) is 25.6. The second-order valence-electron chi connectivity index (χ2n) is 13.3. The van der Waals surface area contributed by atoms with Gasteiger partial charge in [-0.2, -0.15) is 0 Å². The maximum Gasteiger partial charge on any atom is 0.0547 e. The molecule has 0 bridgehead atoms. The normalized spacial score (nSPS) is 13.6. The summed E-state index contributed by atoms with van der Waals surface area (Å²) >= 11 is 0. The van der Waals surface area contributed by atoms with E-state index in [1.165, 1.54) is 93.2 Å². The highest BCUT2D eigenvalue weighted by Crippen LogP contribution is 2.53. The molecule has 1 aliphatic carbocycles. The van der Waals surface area contributed by atoms with Gasteiger partial charge in [-0.05, 0) is 96.0 Å². The van der Waals surface area contributed by atoms with Gasteiger partial charge in [-0.15, -0.1) is 0 Å². The zero-order valence-electron chi connectivity index (χ0n) is 25.9. The van der Waals surface area contributed by atoms with Crippen molar-refractivity contribution in [2.75, 3.05) is 0 Å². The minimum absolute atomic E-state index is 0.0920. The van der Waals surface area contributed by atoms with Crippen LogP contribution in [0.2, 0.25) is 0 Å². The van der Waals surface area contributed by atoms with E-state index in [1.54, 1.807) is 0 Å². The molecule has 0 saturated heterocycles. The van der Waals surface area contributed by atoms with Gasteiger partial charge in [-0.25, -0.2) is 0 Å². The number of hydrogen-bond acceptors (Lipinski definition) is 0. The summed E-state index contributed by atoms with van der Waals surface area (Å²) in [6.45, 7) is 4.79. The van der Waals surface area contributed by atoms with Crippen molar-refractivity contribution in [3.05, 3.63) is 163 Å². The third-order valence-electron chi connectivity index (χ3n) is 10.5. The van der Waals surface area contributed by atoms with Gasteiger partial charge in [-0.1, -0.05) is 135 Å². The summed E-state index contributed by atoms with van der Waals surface area (Å²) in [5.74, 6) is 0. The van der Waals surface area contributed by atoms with Crippen molar-refractivity contribution in [2.24, 2.45) is 0 Å². The third kappa shape index (κ3) is 3.35. The van der Waals surface area contributed by atoms with E-state index in [0.29, 0.717) is 0 Å². The average Bonchev–Trinajstić information content (AvgIpc) is 3.57. The molecule has 0 amide bonds. The molecule has 1 aliphatic rings. The second-order valence-corrected chi connectivity index (χ2v) is 13.3. The van der Waals surface area contributed by atoms with Crippen molar-refractivity contribution < 1.29 is 0 Å². The number of rotatable bonds is 3. The molecule has 216 valence electrons. The SMILES string of the molecule is CC1(C)c2cccc3c4ccccc4c4cccc5c4c4c(c1ccc4n5-c1cc(-c4ccccc4)cc(-c4ccccc4)c1)c23. The van der Waals surface area contributed by atoms with Crippen molar-refractivity contribution >= 4 is 54.1 Å². The first-order chi connectivity index (χ1) is 22.6. The molecule has 9 aromatic rings. The Kier molecular flexibility index (Phi) is 5.12. The van der Waals surface area contributed by atoms with Crippen molar-refractivity contribution in [1.29, 1.82) is 0 Å². The van der Waals surface area contributed by atoms with Crippen molar-refractivity contribution in [1.82, 2.24) is 4.57 Å². The summed E-state index contributed by atoms with van der Waals surface area (Å²) in [5, 5.41) is 10.7. The van der Waals surface area contributed by atoms with Crippen LogP contribution < -0.4 is 0 Å². The molecule has 0 saturated carbocycles. The molecule has 10 rings (SSSR count). The van der Waals surface area contributed by atoms with Gasteiger partial charge < -0.3 is 4.57 Å². The van der Waals surface area contributed by atoms with E-state index in [0.717, 1.165) is 0 Å². The predicted octanol–water partition coefficient (Wildman–Crippen LogP) is 12.2. The first-order valence-corrected chi connectivity index (χ1v) is 16.2. The predicted molar refractivity (Wildman–Crippen MR) is 196 cm³/mol. The first-order valence-electron chi connectivity index (χ1n) is 16.2. The van der Waals surface area contributed by atoms with E-state index in [9.17, 15) is 0 Å². The van der Waals surface area contributed by atoms with Crippen LogP contribution in [0.1, 0.15) is 25.0 Å². The van der Waals surface area contributed by atoms with Crippen LogP contribution in [0.3, 0.4) is 0 Å². The maximum absolute atomic E-state index is 2.52. The Morgan fingerprint density at radius 3 is 1.54 bits per heavy atom. The molecule has 0 atom stereocenters. The summed E-state index contributed by atoms with van der Waals surface area (Å²) in [6.07, 6.45) is 0. The number of fused-ring (bicyclic) bond motifs is 3. The van der Waals surface area contributed by atoms with Crippen LogP contribution >= 0.6 is 0 Å². The summed E-state index contributed by atoms with van der Waals surface area (Å²) in [4.78, 5) is 0. The van der Waals surface area contributed by atoms with E-state index in [1.807, 2.05) is 0 Å². The van der Waals surface area contributed by atoms with Gasteiger partial charge in [0.05, 0.1) is 11.0 Å². The molecule has 0 radical (unpaired) electrons. The zero-order valence-corrected chi connectivity index (χ0v) is 25.9. The fraction of sp³-hybridized carbons (Fsp3) is 0.0667. The Morgan fingerprint density at radius 2 is 0.891 bits per heavy atom. The molecule has 0 N–H and O–H groups in total. The molecule has 46 heavy (non-hydrogen) atoms. The van der Waals surface area contributed by atoms with Crippen LogP contribution in [0.5, 0.6) is 0 Å². The van der Waals surface area contributed by atoms with E-state index in [-0.39, 0.29) is 5.41 Å². The zero-order chi connectivity index (χ0) is 30.6. The lowest BCUT2D eigenvalue weighted by atomic mass is 9.81. The summed E-state index contributed by atoms with van der Waals surface area (Å²) in [5.41, 5.74) is 11.3. The van der Waals surface area contributed by atoms with Crippen LogP contribution in [0, 0.1) is 0 Å². The standard InChI is InChI=1S/C45H31N/c1-45(2)37-21-11-19-35-33-17-9-10-18-34(33)36-20-12-22-39-42(36)44-40(24-23-38(45)43(44)41(35)37)46(39)32-26-30(28-13-5-3-6-14-28)25-31(27-32)29-15-7-4-8-16-29/h3-27H,1-2H3. The highest BCUT2D eigenvalue weighted by atomic mass is 15.0. The van der Waals surface area contributed by atoms with Crippen molar-refractivity contribution in [2.45, 2.75) is 19.3 Å². The largest absolute Gasteiger partial charge is 0.309 e. The van der Waals surface area contributed by atoms with E-state index < -0.39 is 0 Å². The highest BCUT2D eigenvalue weighted by molar-refractivity contribution is 6.35. The van der Waals surface area contributed by atoms with Gasteiger partial charge >= 0.3 is 0 Å². The van der Waals surface area contributed by atoms with E-state index >= 15 is 0 Å². The van der Waals surface area contributed by atoms with Gasteiger partial charge in [0.1, 0.15) is 0 Å². The molecule has 1 heterocycles. The van der Waals surface area contributed by atoms with Crippen LogP contribution in [-0.2, 0) is 5.41 Å². The minimum Gasteiger partial charge on any atom is -0.309 e. The Balaban J connectivity index is 1.44. The molecule has 0 fully saturated rings. The number of hydrogen-bond donors (Lipinski definition) is 0. The van der Waals surface area contributed by atoms with E-state index in [4.69, 9.17) is 0 Å². The Labute approximate surface area is 268 Å². The van der Waals surface area contributed by atoms with Crippen LogP contribution in [0.15, 0.2) is 152 Å². The summed E-state index contributed by atoms with van der Waals surface area (Å²) in [6, 6.07) is 56.2. The maximum atomic E-state index is 2.52. The van der Waals surface area contributed by atoms with Crippen LogP contribution in [-0.4, -0.2) is 4.57 Å². The fourth-order valence-corrected chi connectivity index (χ4v) is 8.43. The van der Waals surface area contributed by atoms with Gasteiger partial charge in [0.2, 0.25) is 0 Å². The molecular formula is C45H31N. The molecule has 0 spiro atoms. The van der Waals surface area contributed by atoms with Gasteiger partial charge in [0.15, 0.2) is 0 Å². The minimum atomic E-state index is -0.0920. The van der Waals surface area contributed by atoms with Crippen molar-refractivity contribution in [3.8, 4) is 27.9 Å². The van der Waals surface area contributed by atoms with Crippen molar-refractivity contribution in [3.63, 3.8) is 0 Å². The Bertz CT molecular complexity index is 2630. The average molecular weight is 586 g/mol. The van der Waals surface area contributed by atoms with Crippen LogP contribution in [0.4, 0.5) is 0 Å². The molecule has 1 aromatic heterocycles. The van der Waals surface area contributed by atoms with Crippen LogP contribution in [0.25, 0.3) is 82.1 Å². The lowest BCUT2D eigenvalue weighted by molar-refractivity contribution is 0.663. The lowest BCUT2D eigenvalue weighted by Gasteiger charge is -2.22. The highest BCUT2D eigenvalue weighted by Gasteiger charge is 2.35. The summed E-state index contributed by atoms with van der Waals surface area (Å²) in [7, 11) is 0. The van der Waals surface area contributed by atoms with Gasteiger partial charge in [0.25, 0.3) is 0 Å². The molecule has 0 unspecified atom stereocenters. The van der Waals surface area contributed by atoms with Gasteiger partial charge in [-0.3, -0.25) is 0 Å². The number of benzene rings is 7. The number of nitrogens with zero attached hydrogens (tertiary/aromatic N) is 1. The van der Waals surface area contributed by atoms with E-state index in [2.05, 4.69) is 170 Å². The molecular weight excluding hydrogens is 555 g/mol. The Morgan fingerprint density at radius 1 is 0.370 bits per heavy atom. The van der Waals surface area contributed by atoms with Gasteiger partial charge in [0, 0.05) is 21.9 Å². The monoisotopic (exact) mass is 585 g/mol. The fourth-order valence-electron chi connectivity index (χ4n) is 8.43. The quantitative estimate of drug-likeness (QED) is 0.194. The molecule has 1 nitrogen and oxygen atoms in total. The summed E-state index contributed by atoms with van der Waals surface area (Å²) < 4.78 is 2.52. The molecule has 0 aliphatic heterocycles.